The van der Waals surface area contributed by atoms with Crippen molar-refractivity contribution in [2.45, 2.75) is 43.7 Å². The van der Waals surface area contributed by atoms with Crippen LogP contribution in [0, 0.1) is 0 Å². The lowest BCUT2D eigenvalue weighted by Crippen LogP contribution is -2.49. The molecule has 0 radical (unpaired) electrons. The van der Waals surface area contributed by atoms with Crippen LogP contribution in [-0.2, 0) is 32.2 Å². The van der Waals surface area contributed by atoms with Crippen LogP contribution < -0.4 is 0 Å². The van der Waals surface area contributed by atoms with Gasteiger partial charge in [-0.1, -0.05) is 60.7 Å². The molecule has 0 bridgehead atoms. The number of hydrogen-bond acceptors (Lipinski definition) is 6. The maximum absolute atomic E-state index is 10.7. The highest BCUT2D eigenvalue weighted by Gasteiger charge is 2.55. The summed E-state index contributed by atoms with van der Waals surface area (Å²) in [7, 11) is 1.47. The Balaban J connectivity index is 1.71. The number of hydrogen-bond donors (Lipinski definition) is 2. The van der Waals surface area contributed by atoms with Crippen LogP contribution in [0.5, 0.6) is 0 Å². The van der Waals surface area contributed by atoms with E-state index < -0.39 is 24.1 Å². The van der Waals surface area contributed by atoms with E-state index in [2.05, 4.69) is 0 Å². The Bertz CT molecular complexity index is 695. The molecule has 1 fully saturated rings. The minimum absolute atomic E-state index is 0.122. The summed E-state index contributed by atoms with van der Waals surface area (Å²) in [5.74, 6) is 0. The summed E-state index contributed by atoms with van der Waals surface area (Å²) >= 11 is 0. The van der Waals surface area contributed by atoms with Gasteiger partial charge in [-0.3, -0.25) is 0 Å². The number of ether oxygens (including phenoxy) is 4. The molecule has 0 aromatic heterocycles. The van der Waals surface area contributed by atoms with E-state index in [1.807, 2.05) is 60.7 Å². The first-order chi connectivity index (χ1) is 13.7. The lowest BCUT2D eigenvalue weighted by atomic mass is 9.92. The summed E-state index contributed by atoms with van der Waals surface area (Å²) in [6.45, 7) is 0.757. The molecular weight excluding hydrogens is 360 g/mol. The Kier molecular flexibility index (Phi) is 7.56. The molecule has 152 valence electrons. The van der Waals surface area contributed by atoms with Gasteiger partial charge >= 0.3 is 0 Å². The Labute approximate surface area is 165 Å². The van der Waals surface area contributed by atoms with Crippen LogP contribution in [0.25, 0.3) is 0 Å². The predicted molar refractivity (Wildman–Crippen MR) is 103 cm³/mol. The molecular formula is C22H28O6. The quantitative estimate of drug-likeness (QED) is 0.650. The first-order valence-electron chi connectivity index (χ1n) is 9.45. The van der Waals surface area contributed by atoms with Crippen molar-refractivity contribution in [3.63, 3.8) is 0 Å². The minimum atomic E-state index is -1.00. The Morgan fingerprint density at radius 2 is 1.57 bits per heavy atom. The second kappa shape index (κ2) is 10.1. The van der Waals surface area contributed by atoms with Gasteiger partial charge in [0.05, 0.1) is 19.8 Å². The smallest absolute Gasteiger partial charge is 0.186 e. The zero-order valence-corrected chi connectivity index (χ0v) is 16.1. The van der Waals surface area contributed by atoms with Gasteiger partial charge in [0.1, 0.15) is 17.8 Å². The van der Waals surface area contributed by atoms with Crippen molar-refractivity contribution in [1.29, 1.82) is 0 Å². The van der Waals surface area contributed by atoms with Crippen molar-refractivity contribution < 1.29 is 29.2 Å². The van der Waals surface area contributed by atoms with Gasteiger partial charge in [0.15, 0.2) is 6.29 Å². The maximum Gasteiger partial charge on any atom is 0.186 e. The summed E-state index contributed by atoms with van der Waals surface area (Å²) in [5, 5.41) is 20.3. The lowest BCUT2D eigenvalue weighted by Gasteiger charge is -2.34. The molecule has 0 amide bonds. The Morgan fingerprint density at radius 3 is 2.14 bits per heavy atom. The highest BCUT2D eigenvalue weighted by Crippen LogP contribution is 2.37. The fourth-order valence-electron chi connectivity index (χ4n) is 3.51. The van der Waals surface area contributed by atoms with Crippen LogP contribution in [0.15, 0.2) is 60.7 Å². The SMILES string of the molecule is CO[C@@H]1O[C@](CCO)(COCc2ccccc2)[C@@H](OCc2ccccc2)[C@H]1O. The molecule has 6 nitrogen and oxygen atoms in total. The third-order valence-electron chi connectivity index (χ3n) is 4.96. The summed E-state index contributed by atoms with van der Waals surface area (Å²) in [6.07, 6.45) is -2.26. The standard InChI is InChI=1S/C22H28O6/c1-25-21-19(24)20(27-15-18-10-6-3-7-11-18)22(28-21,12-13-23)16-26-14-17-8-4-2-5-9-17/h2-11,19-21,23-24H,12-16H2,1H3/t19-,20+,21-,22-/m1/s1. The molecule has 1 saturated heterocycles. The number of rotatable bonds is 10. The van der Waals surface area contributed by atoms with Crippen molar-refractivity contribution in [3.05, 3.63) is 71.8 Å². The summed E-state index contributed by atoms with van der Waals surface area (Å²) in [5.41, 5.74) is 1.02. The van der Waals surface area contributed by atoms with E-state index in [1.165, 1.54) is 7.11 Å². The number of aliphatic hydroxyl groups is 2. The van der Waals surface area contributed by atoms with Crippen LogP contribution in [0.3, 0.4) is 0 Å². The van der Waals surface area contributed by atoms with Crippen molar-refractivity contribution in [2.75, 3.05) is 20.3 Å². The van der Waals surface area contributed by atoms with Crippen LogP contribution >= 0.6 is 0 Å². The molecule has 0 unspecified atom stereocenters. The van der Waals surface area contributed by atoms with Gasteiger partial charge in [-0.05, 0) is 11.1 Å². The van der Waals surface area contributed by atoms with Crippen molar-refractivity contribution in [2.24, 2.45) is 0 Å². The Hall–Kier alpha value is -1.80. The van der Waals surface area contributed by atoms with Gasteiger partial charge in [0.2, 0.25) is 0 Å². The zero-order valence-electron chi connectivity index (χ0n) is 16.1. The van der Waals surface area contributed by atoms with E-state index in [1.54, 1.807) is 0 Å². The van der Waals surface area contributed by atoms with E-state index in [-0.39, 0.29) is 19.6 Å². The number of methoxy groups -OCH3 is 1. The lowest BCUT2D eigenvalue weighted by molar-refractivity contribution is -0.202. The van der Waals surface area contributed by atoms with Gasteiger partial charge in [-0.2, -0.15) is 0 Å². The largest absolute Gasteiger partial charge is 0.396 e. The van der Waals surface area contributed by atoms with E-state index >= 15 is 0 Å². The molecule has 28 heavy (non-hydrogen) atoms. The van der Waals surface area contributed by atoms with Gasteiger partial charge in [-0.15, -0.1) is 0 Å². The molecule has 0 aliphatic carbocycles. The zero-order chi connectivity index (χ0) is 19.8. The van der Waals surface area contributed by atoms with E-state index in [9.17, 15) is 10.2 Å². The molecule has 0 saturated carbocycles. The molecule has 2 N–H and O–H groups in total. The van der Waals surface area contributed by atoms with Crippen LogP contribution in [0.2, 0.25) is 0 Å². The van der Waals surface area contributed by atoms with Gasteiger partial charge in [-0.25, -0.2) is 0 Å². The highest BCUT2D eigenvalue weighted by atomic mass is 16.7. The average molecular weight is 388 g/mol. The van der Waals surface area contributed by atoms with Crippen molar-refractivity contribution in [1.82, 2.24) is 0 Å². The minimum Gasteiger partial charge on any atom is -0.396 e. The first-order valence-corrected chi connectivity index (χ1v) is 9.45. The predicted octanol–water partition coefficient (Wildman–Crippen LogP) is 2.27. The second-order valence-corrected chi connectivity index (χ2v) is 6.95. The van der Waals surface area contributed by atoms with E-state index in [0.717, 1.165) is 11.1 Å². The van der Waals surface area contributed by atoms with Crippen molar-refractivity contribution >= 4 is 0 Å². The molecule has 0 spiro atoms. The Morgan fingerprint density at radius 1 is 0.964 bits per heavy atom. The maximum atomic E-state index is 10.7. The fraction of sp³-hybridized carbons (Fsp3) is 0.455. The third-order valence-corrected chi connectivity index (χ3v) is 4.96. The third kappa shape index (κ3) is 4.97. The topological polar surface area (TPSA) is 77.4 Å². The summed E-state index contributed by atoms with van der Waals surface area (Å²) in [4.78, 5) is 0. The second-order valence-electron chi connectivity index (χ2n) is 6.95. The average Bonchev–Trinajstić information content (AvgIpc) is 2.99. The van der Waals surface area contributed by atoms with Gasteiger partial charge < -0.3 is 29.2 Å². The molecule has 6 heteroatoms. The molecule has 3 rings (SSSR count). The first kappa shape index (κ1) is 20.9. The molecule has 1 heterocycles. The summed E-state index contributed by atoms with van der Waals surface area (Å²) in [6, 6.07) is 19.5. The summed E-state index contributed by atoms with van der Waals surface area (Å²) < 4.78 is 23.2. The van der Waals surface area contributed by atoms with Gasteiger partial charge in [0.25, 0.3) is 0 Å². The molecule has 1 aliphatic heterocycles. The number of aliphatic hydroxyl groups excluding tert-OH is 2. The van der Waals surface area contributed by atoms with E-state index in [4.69, 9.17) is 18.9 Å². The highest BCUT2D eigenvalue weighted by molar-refractivity contribution is 5.15. The monoisotopic (exact) mass is 388 g/mol. The van der Waals surface area contributed by atoms with Crippen LogP contribution in [0.4, 0.5) is 0 Å². The molecule has 2 aromatic rings. The molecule has 2 aromatic carbocycles. The number of benzene rings is 2. The normalized spacial score (nSPS) is 27.2. The van der Waals surface area contributed by atoms with Crippen molar-refractivity contribution in [3.8, 4) is 0 Å². The van der Waals surface area contributed by atoms with Gasteiger partial charge in [0, 0.05) is 20.1 Å². The fourth-order valence-corrected chi connectivity index (χ4v) is 3.51. The molecule has 4 atom stereocenters. The van der Waals surface area contributed by atoms with Crippen LogP contribution in [0.1, 0.15) is 17.5 Å². The van der Waals surface area contributed by atoms with Crippen LogP contribution in [-0.4, -0.2) is 54.6 Å². The molecule has 1 aliphatic rings. The van der Waals surface area contributed by atoms with E-state index in [0.29, 0.717) is 13.2 Å².